The molecule has 3 aromatic carbocycles. The van der Waals surface area contributed by atoms with E-state index >= 15 is 4.39 Å². The Labute approximate surface area is 285 Å². The van der Waals surface area contributed by atoms with Gasteiger partial charge in [0.05, 0.1) is 12.0 Å². The Morgan fingerprint density at radius 1 is 1.02 bits per heavy atom. The molecule has 3 N–H and O–H groups in total. The van der Waals surface area contributed by atoms with Gasteiger partial charge in [0.15, 0.2) is 5.82 Å². The van der Waals surface area contributed by atoms with Gasteiger partial charge < -0.3 is 30.3 Å². The Kier molecular flexibility index (Phi) is 7.22. The molecule has 0 radical (unpaired) electrons. The fourth-order valence-corrected chi connectivity index (χ4v) is 8.90. The third-order valence-corrected chi connectivity index (χ3v) is 11.9. The van der Waals surface area contributed by atoms with Gasteiger partial charge in [0.1, 0.15) is 17.1 Å². The van der Waals surface area contributed by atoms with Crippen molar-refractivity contribution in [2.45, 2.75) is 57.0 Å². The van der Waals surface area contributed by atoms with E-state index in [0.29, 0.717) is 52.0 Å². The second kappa shape index (κ2) is 11.6. The summed E-state index contributed by atoms with van der Waals surface area (Å²) in [5.74, 6) is 3.18. The summed E-state index contributed by atoms with van der Waals surface area (Å²) in [4.78, 5) is 26.9. The van der Waals surface area contributed by atoms with E-state index in [9.17, 15) is 9.90 Å². The number of nitrogens with one attached hydrogen (secondary N) is 2. The second-order valence-electron chi connectivity index (χ2n) is 15.1. The average molecular weight is 661 g/mol. The number of hydrogen-bond donors (Lipinski definition) is 3. The number of piperidine rings is 1. The first-order valence-electron chi connectivity index (χ1n) is 17.7. The van der Waals surface area contributed by atoms with Gasteiger partial charge in [-0.05, 0) is 93.3 Å². The second-order valence-corrected chi connectivity index (χ2v) is 15.1. The fourth-order valence-electron chi connectivity index (χ4n) is 8.90. The van der Waals surface area contributed by atoms with Gasteiger partial charge in [0, 0.05) is 65.6 Å². The third kappa shape index (κ3) is 5.35. The van der Waals surface area contributed by atoms with Crippen LogP contribution in [0.3, 0.4) is 0 Å². The summed E-state index contributed by atoms with van der Waals surface area (Å²) in [6, 6.07) is 13.3. The highest BCUT2D eigenvalue weighted by Crippen LogP contribution is 2.48. The van der Waals surface area contributed by atoms with E-state index in [1.165, 1.54) is 0 Å². The molecule has 4 aromatic rings. The number of benzene rings is 3. The first-order chi connectivity index (χ1) is 23.8. The lowest BCUT2D eigenvalue weighted by molar-refractivity contribution is -0.130. The topological polar surface area (TPSA) is 103 Å². The Balaban J connectivity index is 1.05. The molecule has 1 aromatic heterocycles. The molecule has 2 bridgehead atoms. The van der Waals surface area contributed by atoms with Crippen molar-refractivity contribution in [3.05, 3.63) is 53.8 Å². The van der Waals surface area contributed by atoms with Crippen LogP contribution >= 0.6 is 0 Å². The summed E-state index contributed by atoms with van der Waals surface area (Å²) >= 11 is 0. The molecule has 9 nitrogen and oxygen atoms in total. The molecule has 5 heterocycles. The maximum atomic E-state index is 16.9. The number of phenols is 1. The molecule has 252 valence electrons. The van der Waals surface area contributed by atoms with Gasteiger partial charge >= 0.3 is 6.01 Å². The number of carbonyl (C=O) groups is 1. The van der Waals surface area contributed by atoms with Crippen molar-refractivity contribution < 1.29 is 19.0 Å². The Morgan fingerprint density at radius 3 is 2.53 bits per heavy atom. The molecule has 5 fully saturated rings. The van der Waals surface area contributed by atoms with Crippen LogP contribution in [0.5, 0.6) is 11.8 Å². The van der Waals surface area contributed by atoms with Gasteiger partial charge in [-0.3, -0.25) is 4.79 Å². The Hall–Kier alpha value is -4.46. The standard InChI is InChI=1S/C39H41FN6O3/c1-2-24-4-3-5-25-18-28(47)19-31(32(24)25)29-8-9-30-34(33(29)40)43-37(44-35(30)46-20-26-6-7-27(21-46)42-26)49-23-38(10-11-38)22-45-16-13-39(14-17-45)12-15-41-36(39)48/h1,3-5,8-9,18-19,26-27,42,47H,6-7,10-17,20-23H2,(H,41,48). The number of anilines is 1. The quantitative estimate of drug-likeness (QED) is 0.239. The number of likely N-dealkylation sites (tertiary alicyclic amines) is 1. The van der Waals surface area contributed by atoms with Crippen LogP contribution in [-0.2, 0) is 4.79 Å². The van der Waals surface area contributed by atoms with Crippen LogP contribution < -0.4 is 20.3 Å². The number of rotatable bonds is 7. The SMILES string of the molecule is C#Cc1cccc2cc(O)cc(-c3ccc4c(N5CC6CCC(C5)N6)nc(OCC5(CN6CCC7(CCNC7=O)CC6)CC5)nc4c3F)c12. The molecule has 5 aliphatic rings. The number of fused-ring (bicyclic) bond motifs is 4. The third-order valence-electron chi connectivity index (χ3n) is 11.9. The van der Waals surface area contributed by atoms with Crippen LogP contribution in [0.2, 0.25) is 0 Å². The predicted octanol–water partition coefficient (Wildman–Crippen LogP) is 4.98. The minimum absolute atomic E-state index is 0.00156. The number of terminal acetylenes is 1. The van der Waals surface area contributed by atoms with Crippen LogP contribution in [0.4, 0.5) is 10.2 Å². The van der Waals surface area contributed by atoms with E-state index in [2.05, 4.69) is 26.4 Å². The molecule has 49 heavy (non-hydrogen) atoms. The summed E-state index contributed by atoms with van der Waals surface area (Å²) < 4.78 is 23.4. The number of aromatic nitrogens is 2. The van der Waals surface area contributed by atoms with Gasteiger partial charge in [-0.2, -0.15) is 9.97 Å². The van der Waals surface area contributed by atoms with Crippen molar-refractivity contribution in [1.82, 2.24) is 25.5 Å². The Morgan fingerprint density at radius 2 is 1.82 bits per heavy atom. The number of phenolic OH excluding ortho intramolecular Hbond substituents is 1. The molecular formula is C39H41FN6O3. The lowest BCUT2D eigenvalue weighted by atomic mass is 9.77. The predicted molar refractivity (Wildman–Crippen MR) is 187 cm³/mol. The summed E-state index contributed by atoms with van der Waals surface area (Å²) in [6.07, 6.45) is 12.9. The van der Waals surface area contributed by atoms with E-state index < -0.39 is 5.82 Å². The van der Waals surface area contributed by atoms with E-state index in [1.807, 2.05) is 24.3 Å². The van der Waals surface area contributed by atoms with Crippen molar-refractivity contribution >= 4 is 33.4 Å². The highest BCUT2D eigenvalue weighted by Gasteiger charge is 2.49. The fraction of sp³-hybridized carbons (Fsp3) is 0.462. The van der Waals surface area contributed by atoms with Crippen LogP contribution in [-0.4, -0.2) is 83.8 Å². The van der Waals surface area contributed by atoms with Crippen molar-refractivity contribution in [3.63, 3.8) is 0 Å². The van der Waals surface area contributed by atoms with E-state index in [-0.39, 0.29) is 34.0 Å². The maximum absolute atomic E-state index is 16.9. The Bertz CT molecular complexity index is 2020. The van der Waals surface area contributed by atoms with E-state index in [4.69, 9.17) is 21.1 Å². The van der Waals surface area contributed by atoms with Gasteiger partial charge in [0.25, 0.3) is 0 Å². The lowest BCUT2D eigenvalue weighted by Gasteiger charge is -2.38. The molecule has 2 unspecified atom stereocenters. The number of amides is 1. The number of halogens is 1. The van der Waals surface area contributed by atoms with Crippen LogP contribution in [0.15, 0.2) is 42.5 Å². The van der Waals surface area contributed by atoms with Crippen molar-refractivity contribution in [1.29, 1.82) is 0 Å². The molecule has 1 amide bonds. The van der Waals surface area contributed by atoms with Crippen LogP contribution in [0, 0.1) is 29.0 Å². The molecule has 10 heteroatoms. The number of piperazine rings is 1. The maximum Gasteiger partial charge on any atom is 0.319 e. The number of carbonyl (C=O) groups excluding carboxylic acids is 1. The van der Waals surface area contributed by atoms with Gasteiger partial charge in [-0.1, -0.05) is 24.1 Å². The van der Waals surface area contributed by atoms with Gasteiger partial charge in [-0.15, -0.1) is 6.42 Å². The number of ether oxygens (including phenoxy) is 1. The zero-order valence-corrected chi connectivity index (χ0v) is 27.6. The monoisotopic (exact) mass is 660 g/mol. The highest BCUT2D eigenvalue weighted by atomic mass is 19.1. The molecular weight excluding hydrogens is 619 g/mol. The molecule has 4 saturated heterocycles. The van der Waals surface area contributed by atoms with Crippen LogP contribution in [0.25, 0.3) is 32.8 Å². The van der Waals surface area contributed by atoms with Crippen molar-refractivity contribution in [2.24, 2.45) is 10.8 Å². The van der Waals surface area contributed by atoms with Gasteiger partial charge in [0.2, 0.25) is 5.91 Å². The van der Waals surface area contributed by atoms with Crippen molar-refractivity contribution in [3.8, 4) is 35.2 Å². The zero-order valence-electron chi connectivity index (χ0n) is 27.6. The normalized spacial score (nSPS) is 24.0. The summed E-state index contributed by atoms with van der Waals surface area (Å²) in [6.45, 7) is 5.55. The average Bonchev–Trinajstić information content (AvgIpc) is 3.67. The molecule has 2 atom stereocenters. The summed E-state index contributed by atoms with van der Waals surface area (Å²) in [5.41, 5.74) is 1.46. The number of aromatic hydroxyl groups is 1. The summed E-state index contributed by atoms with van der Waals surface area (Å²) in [5, 5.41) is 19.4. The summed E-state index contributed by atoms with van der Waals surface area (Å²) in [7, 11) is 0. The van der Waals surface area contributed by atoms with Gasteiger partial charge in [-0.25, -0.2) is 4.39 Å². The van der Waals surface area contributed by atoms with E-state index in [0.717, 1.165) is 89.6 Å². The highest BCUT2D eigenvalue weighted by molar-refractivity contribution is 6.04. The first kappa shape index (κ1) is 30.6. The van der Waals surface area contributed by atoms with Crippen molar-refractivity contribution in [2.75, 3.05) is 50.8 Å². The zero-order chi connectivity index (χ0) is 33.3. The first-order valence-corrected chi connectivity index (χ1v) is 17.7. The minimum atomic E-state index is -0.498. The largest absolute Gasteiger partial charge is 0.508 e. The number of hydrogen-bond acceptors (Lipinski definition) is 8. The molecule has 1 saturated carbocycles. The minimum Gasteiger partial charge on any atom is -0.508 e. The smallest absolute Gasteiger partial charge is 0.319 e. The van der Waals surface area contributed by atoms with Crippen LogP contribution in [0.1, 0.15) is 50.5 Å². The molecule has 1 aliphatic carbocycles. The molecule has 9 rings (SSSR count). The number of nitrogens with zero attached hydrogens (tertiary/aromatic N) is 4. The van der Waals surface area contributed by atoms with E-state index in [1.54, 1.807) is 18.2 Å². The molecule has 1 spiro atoms. The lowest BCUT2D eigenvalue weighted by Crippen LogP contribution is -2.51. The molecule has 4 aliphatic heterocycles.